The summed E-state index contributed by atoms with van der Waals surface area (Å²) in [5, 5.41) is 3.67. The average molecular weight is 226 g/mol. The minimum absolute atomic E-state index is 0.430. The Bertz CT molecular complexity index is 206. The fraction of sp³-hybridized carbons (Fsp3) is 1.00. The van der Waals surface area contributed by atoms with Crippen LogP contribution in [0.1, 0.15) is 32.1 Å². The molecule has 1 N–H and O–H groups in total. The van der Waals surface area contributed by atoms with Gasteiger partial charge < -0.3 is 15.0 Å². The Labute approximate surface area is 99.5 Å². The summed E-state index contributed by atoms with van der Waals surface area (Å²) in [4.78, 5) is 2.43. The third-order valence-electron chi connectivity index (χ3n) is 4.39. The lowest BCUT2D eigenvalue weighted by atomic mass is 9.95. The SMILES string of the molecule is CN(C)C1(CNCC2CCOC2)CCCC1. The molecule has 0 radical (unpaired) electrons. The first kappa shape index (κ1) is 12.3. The van der Waals surface area contributed by atoms with E-state index in [0.29, 0.717) is 5.54 Å². The maximum Gasteiger partial charge on any atom is 0.0507 e. The van der Waals surface area contributed by atoms with Crippen LogP contribution in [-0.2, 0) is 4.74 Å². The Balaban J connectivity index is 1.73. The zero-order valence-corrected chi connectivity index (χ0v) is 10.8. The highest BCUT2D eigenvalue weighted by atomic mass is 16.5. The Morgan fingerprint density at radius 3 is 2.62 bits per heavy atom. The first-order chi connectivity index (χ1) is 7.73. The van der Waals surface area contributed by atoms with Gasteiger partial charge >= 0.3 is 0 Å². The molecular weight excluding hydrogens is 200 g/mol. The van der Waals surface area contributed by atoms with Gasteiger partial charge in [0.05, 0.1) is 6.61 Å². The highest BCUT2D eigenvalue weighted by molar-refractivity contribution is 4.94. The first-order valence-corrected chi connectivity index (χ1v) is 6.69. The Hall–Kier alpha value is -0.120. The van der Waals surface area contributed by atoms with Gasteiger partial charge in [0.2, 0.25) is 0 Å². The van der Waals surface area contributed by atoms with E-state index in [0.717, 1.165) is 32.2 Å². The molecule has 94 valence electrons. The molecule has 1 saturated carbocycles. The van der Waals surface area contributed by atoms with Crippen LogP contribution in [-0.4, -0.2) is 50.8 Å². The Kier molecular flexibility index (Phi) is 4.22. The van der Waals surface area contributed by atoms with E-state index in [1.807, 2.05) is 0 Å². The number of likely N-dealkylation sites (N-methyl/N-ethyl adjacent to an activating group) is 1. The van der Waals surface area contributed by atoms with E-state index in [2.05, 4.69) is 24.3 Å². The molecule has 0 aromatic heterocycles. The van der Waals surface area contributed by atoms with Crippen LogP contribution < -0.4 is 5.32 Å². The number of ether oxygens (including phenoxy) is 1. The average Bonchev–Trinajstić information content (AvgIpc) is 2.88. The van der Waals surface area contributed by atoms with Gasteiger partial charge in [0.1, 0.15) is 0 Å². The van der Waals surface area contributed by atoms with Crippen LogP contribution in [0.15, 0.2) is 0 Å². The second kappa shape index (κ2) is 5.48. The number of nitrogens with one attached hydrogen (secondary N) is 1. The van der Waals surface area contributed by atoms with Crippen molar-refractivity contribution < 1.29 is 4.74 Å². The van der Waals surface area contributed by atoms with E-state index >= 15 is 0 Å². The minimum atomic E-state index is 0.430. The number of nitrogens with zero attached hydrogens (tertiary/aromatic N) is 1. The van der Waals surface area contributed by atoms with Gasteiger partial charge in [0, 0.05) is 25.2 Å². The number of hydrogen-bond acceptors (Lipinski definition) is 3. The predicted octanol–water partition coefficient (Wildman–Crippen LogP) is 1.49. The van der Waals surface area contributed by atoms with Crippen molar-refractivity contribution in [3.63, 3.8) is 0 Å². The van der Waals surface area contributed by atoms with Gasteiger partial charge in [-0.25, -0.2) is 0 Å². The molecule has 1 atom stereocenters. The second-order valence-corrected chi connectivity index (χ2v) is 5.69. The van der Waals surface area contributed by atoms with Gasteiger partial charge in [-0.05, 0) is 39.3 Å². The van der Waals surface area contributed by atoms with E-state index in [1.165, 1.54) is 32.1 Å². The zero-order valence-electron chi connectivity index (χ0n) is 10.8. The summed E-state index contributed by atoms with van der Waals surface area (Å²) in [6.45, 7) is 4.21. The normalized spacial score (nSPS) is 29.1. The predicted molar refractivity (Wildman–Crippen MR) is 66.7 cm³/mol. The van der Waals surface area contributed by atoms with Gasteiger partial charge in [-0.15, -0.1) is 0 Å². The molecule has 1 unspecified atom stereocenters. The van der Waals surface area contributed by atoms with Crippen molar-refractivity contribution in [3.8, 4) is 0 Å². The van der Waals surface area contributed by atoms with Crippen molar-refractivity contribution in [2.24, 2.45) is 5.92 Å². The van der Waals surface area contributed by atoms with Gasteiger partial charge in [-0.2, -0.15) is 0 Å². The molecule has 1 aliphatic carbocycles. The van der Waals surface area contributed by atoms with Gasteiger partial charge in [-0.1, -0.05) is 12.8 Å². The third kappa shape index (κ3) is 2.76. The van der Waals surface area contributed by atoms with Gasteiger partial charge in [-0.3, -0.25) is 0 Å². The van der Waals surface area contributed by atoms with Gasteiger partial charge in [0.25, 0.3) is 0 Å². The zero-order chi connectivity index (χ0) is 11.4. The molecule has 0 bridgehead atoms. The number of rotatable bonds is 5. The third-order valence-corrected chi connectivity index (χ3v) is 4.39. The van der Waals surface area contributed by atoms with Crippen LogP contribution in [0.4, 0.5) is 0 Å². The fourth-order valence-electron chi connectivity index (χ4n) is 3.07. The van der Waals surface area contributed by atoms with Crippen molar-refractivity contribution in [3.05, 3.63) is 0 Å². The highest BCUT2D eigenvalue weighted by Gasteiger charge is 2.35. The van der Waals surface area contributed by atoms with Crippen LogP contribution in [0.25, 0.3) is 0 Å². The van der Waals surface area contributed by atoms with Crippen LogP contribution in [0.2, 0.25) is 0 Å². The standard InChI is InChI=1S/C13H26N2O/c1-15(2)13(6-3-4-7-13)11-14-9-12-5-8-16-10-12/h12,14H,3-11H2,1-2H3. The lowest BCUT2D eigenvalue weighted by molar-refractivity contribution is 0.149. The molecule has 0 amide bonds. The maximum atomic E-state index is 5.40. The molecule has 3 nitrogen and oxygen atoms in total. The molecule has 1 aliphatic heterocycles. The summed E-state index contributed by atoms with van der Waals surface area (Å²) in [6.07, 6.45) is 6.74. The maximum absolute atomic E-state index is 5.40. The Morgan fingerprint density at radius 2 is 2.06 bits per heavy atom. The topological polar surface area (TPSA) is 24.5 Å². The van der Waals surface area contributed by atoms with E-state index in [-0.39, 0.29) is 0 Å². The molecule has 0 aromatic carbocycles. The van der Waals surface area contributed by atoms with Gasteiger partial charge in [0.15, 0.2) is 0 Å². The lowest BCUT2D eigenvalue weighted by Crippen LogP contribution is -2.50. The minimum Gasteiger partial charge on any atom is -0.381 e. The van der Waals surface area contributed by atoms with Crippen molar-refractivity contribution >= 4 is 0 Å². The van der Waals surface area contributed by atoms with E-state index in [1.54, 1.807) is 0 Å². The smallest absolute Gasteiger partial charge is 0.0507 e. The summed E-state index contributed by atoms with van der Waals surface area (Å²) < 4.78 is 5.40. The van der Waals surface area contributed by atoms with E-state index in [4.69, 9.17) is 4.74 Å². The summed E-state index contributed by atoms with van der Waals surface area (Å²) >= 11 is 0. The van der Waals surface area contributed by atoms with E-state index < -0.39 is 0 Å². The molecule has 16 heavy (non-hydrogen) atoms. The van der Waals surface area contributed by atoms with Crippen molar-refractivity contribution in [1.29, 1.82) is 0 Å². The van der Waals surface area contributed by atoms with Crippen molar-refractivity contribution in [1.82, 2.24) is 10.2 Å². The largest absolute Gasteiger partial charge is 0.381 e. The highest BCUT2D eigenvalue weighted by Crippen LogP contribution is 2.33. The number of hydrogen-bond donors (Lipinski definition) is 1. The molecular formula is C13H26N2O. The van der Waals surface area contributed by atoms with Crippen LogP contribution in [0.5, 0.6) is 0 Å². The molecule has 0 aromatic rings. The van der Waals surface area contributed by atoms with Crippen LogP contribution in [0.3, 0.4) is 0 Å². The van der Waals surface area contributed by atoms with Crippen LogP contribution in [0, 0.1) is 5.92 Å². The molecule has 2 rings (SSSR count). The summed E-state index contributed by atoms with van der Waals surface area (Å²) in [6, 6.07) is 0. The summed E-state index contributed by atoms with van der Waals surface area (Å²) in [5.41, 5.74) is 0.430. The van der Waals surface area contributed by atoms with Crippen molar-refractivity contribution in [2.75, 3.05) is 40.4 Å². The lowest BCUT2D eigenvalue weighted by Gasteiger charge is -2.37. The molecule has 3 heteroatoms. The van der Waals surface area contributed by atoms with E-state index in [9.17, 15) is 0 Å². The molecule has 2 aliphatic rings. The quantitative estimate of drug-likeness (QED) is 0.768. The molecule has 0 spiro atoms. The Morgan fingerprint density at radius 1 is 1.31 bits per heavy atom. The monoisotopic (exact) mass is 226 g/mol. The second-order valence-electron chi connectivity index (χ2n) is 5.69. The van der Waals surface area contributed by atoms with Crippen LogP contribution >= 0.6 is 0 Å². The summed E-state index contributed by atoms with van der Waals surface area (Å²) in [5.74, 6) is 0.751. The molecule has 1 saturated heterocycles. The molecule has 2 fully saturated rings. The fourth-order valence-corrected chi connectivity index (χ4v) is 3.07. The first-order valence-electron chi connectivity index (χ1n) is 6.69. The van der Waals surface area contributed by atoms with Crippen molar-refractivity contribution in [2.45, 2.75) is 37.6 Å². The molecule has 1 heterocycles. The summed E-state index contributed by atoms with van der Waals surface area (Å²) in [7, 11) is 4.46.